The Balaban J connectivity index is 2.28. The minimum Gasteiger partial charge on any atom is -0.480 e. The Labute approximate surface area is 628 Å². The summed E-state index contributed by atoms with van der Waals surface area (Å²) in [6.45, 7) is 4.42. The fourth-order valence-electron chi connectivity index (χ4n) is 11.8. The molecule has 2 rings (SSSR count). The average Bonchev–Trinajstić information content (AvgIpc) is 1.62. The van der Waals surface area contributed by atoms with E-state index in [1.54, 1.807) is 13.8 Å². The average molecular weight is 1540 g/mol. The molecule has 2 aliphatic heterocycles. The maximum absolute atomic E-state index is 14.5. The quantitative estimate of drug-likeness (QED) is 0.0153. The van der Waals surface area contributed by atoms with Crippen molar-refractivity contribution in [3.05, 3.63) is 0 Å². The molecule has 2 heterocycles. The normalized spacial score (nSPS) is 17.3. The number of aliphatic imine (C=N–C) groups is 2. The summed E-state index contributed by atoms with van der Waals surface area (Å²) in [6, 6.07) is -17.8. The number of hydrogen-bond donors (Lipinski definition) is 24. The number of hydrogen-bond acceptors (Lipinski definition) is 24. The summed E-state index contributed by atoms with van der Waals surface area (Å²) < 4.78 is 0. The van der Waals surface area contributed by atoms with Crippen LogP contribution in [0, 0.1) is 5.92 Å². The van der Waals surface area contributed by atoms with Crippen molar-refractivity contribution in [1.29, 1.82) is 0 Å². The fourth-order valence-corrected chi connectivity index (χ4v) is 11.8. The summed E-state index contributed by atoms with van der Waals surface area (Å²) in [5, 5.41) is 67.2. The second-order valence-electron chi connectivity index (χ2n) is 27.1. The fraction of sp³-hybridized carbons (Fsp3) is 0.758. The molecule has 0 aromatic carbocycles. The number of unbranched alkanes of at least 4 members (excludes halogenated alkanes) is 4. The molecule has 14 atom stereocenters. The van der Waals surface area contributed by atoms with E-state index in [9.17, 15) is 87.5 Å². The molecule has 614 valence electrons. The van der Waals surface area contributed by atoms with Crippen molar-refractivity contribution in [2.24, 2.45) is 67.5 Å². The van der Waals surface area contributed by atoms with Gasteiger partial charge >= 0.3 is 5.97 Å². The zero-order valence-electron chi connectivity index (χ0n) is 62.6. The van der Waals surface area contributed by atoms with Gasteiger partial charge < -0.3 is 140 Å². The third kappa shape index (κ3) is 33.9. The summed E-state index contributed by atoms with van der Waals surface area (Å²) in [4.78, 5) is 202. The maximum atomic E-state index is 14.5. The third-order valence-corrected chi connectivity index (χ3v) is 18.0. The van der Waals surface area contributed by atoms with Gasteiger partial charge in [-0.25, -0.2) is 4.79 Å². The largest absolute Gasteiger partial charge is 0.480 e. The number of guanidine groups is 2. The van der Waals surface area contributed by atoms with Crippen LogP contribution >= 0.6 is 0 Å². The number of nitrogens with zero attached hydrogens (tertiary/aromatic N) is 4. The molecule has 108 heavy (non-hydrogen) atoms. The van der Waals surface area contributed by atoms with Gasteiger partial charge in [-0.1, -0.05) is 13.8 Å². The number of likely N-dealkylation sites (tertiary alicyclic amines) is 2. The molecule has 0 saturated carbocycles. The third-order valence-electron chi connectivity index (χ3n) is 18.0. The van der Waals surface area contributed by atoms with Gasteiger partial charge in [0, 0.05) is 26.2 Å². The molecule has 13 amide bonds. The van der Waals surface area contributed by atoms with Crippen LogP contribution in [0.25, 0.3) is 0 Å². The van der Waals surface area contributed by atoms with Gasteiger partial charge in [-0.05, 0) is 174 Å². The van der Waals surface area contributed by atoms with E-state index in [1.165, 1.54) is 23.6 Å². The number of aliphatic carboxylic acids is 1. The minimum atomic E-state index is -1.77. The maximum Gasteiger partial charge on any atom is 0.328 e. The Morgan fingerprint density at radius 2 is 0.787 bits per heavy atom. The number of nitrogens with two attached hydrogens (primary N) is 9. The number of nitrogens with one attached hydrogen (secondary N) is 11. The summed E-state index contributed by atoms with van der Waals surface area (Å²) in [7, 11) is 0. The molecule has 42 heteroatoms. The molecule has 0 spiro atoms. The van der Waals surface area contributed by atoms with Crippen LogP contribution in [0.3, 0.4) is 0 Å². The van der Waals surface area contributed by atoms with Crippen molar-refractivity contribution in [3.8, 4) is 0 Å². The van der Waals surface area contributed by atoms with Crippen LogP contribution in [-0.2, 0) is 67.1 Å². The SMILES string of the molecule is CC(C)[C@H](NC(=O)[C@@H]1CCCN1C(=O)[C@@H](NC(=O)[C@H](CCCCN)NC(=O)[C@@H](N)CCCN=C(N)N)[C@@H](C)O)C(=O)N1CCC[C@H]1C(=O)NCC(=O)N[C@@H](CCCCN)C(=O)N[C@@H](C)C(=O)N[C@@H](CCCN=C(N)N)C(=O)N[C@@H](CCCCN)C(=O)N[C@@H](CCCCN)C(=O)N[C@@H](CO)C(=O)N[C@@H](CO)C(=O)O. The van der Waals surface area contributed by atoms with Gasteiger partial charge in [0.15, 0.2) is 11.9 Å². The second kappa shape index (κ2) is 51.2. The van der Waals surface area contributed by atoms with Gasteiger partial charge in [-0.2, -0.15) is 0 Å². The molecule has 0 aromatic rings. The summed E-state index contributed by atoms with van der Waals surface area (Å²) in [5.74, 6) is -13.4. The van der Waals surface area contributed by atoms with Gasteiger partial charge in [0.1, 0.15) is 72.5 Å². The van der Waals surface area contributed by atoms with Gasteiger partial charge in [0.2, 0.25) is 76.8 Å². The molecule has 0 unspecified atom stereocenters. The van der Waals surface area contributed by atoms with E-state index in [0.717, 1.165) is 0 Å². The standard InChI is InChI=1S/C66H122N24O18/c1-36(2)50(87-61(104)48-24-16-32-90(48)63(106)51(38(4)93)88-58(101)43(21-8-12-28-70)82-53(96)39(71)17-13-29-76-65(72)73)62(105)89-31-15-23-47(89)60(103)78-33-49(94)80-40(18-5-9-25-67)54(97)79-37(3)52(95)81-44(22-14-30-77-66(74)75)56(99)83-41(19-6-10-26-68)55(98)84-42(20-7-11-27-69)57(100)85-45(34-91)59(102)86-46(35-92)64(107)108/h36-48,50-51,91-93H,5-35,67-71H2,1-4H3,(H,78,103)(H,79,97)(H,80,94)(H,81,95)(H,82,96)(H,83,99)(H,84,98)(H,85,100)(H,86,102)(H,87,104)(H,88,101)(H,107,108)(H4,72,73,76)(H4,74,75,77)/t37-,38+,39-,40-,41-,42-,43-,44-,45-,46-,47-,48-,50-,51-/m0/s1. The summed E-state index contributed by atoms with van der Waals surface area (Å²) in [5.41, 5.74) is 50.8. The Bertz CT molecular complexity index is 3000. The molecular formula is C66H122N24O18. The number of carbonyl (C=O) groups is 14. The number of carboxylic acid groups (broad SMARTS) is 1. The number of carbonyl (C=O) groups excluding carboxylic acids is 13. The molecule has 2 aliphatic rings. The highest BCUT2D eigenvalue weighted by Gasteiger charge is 2.44. The van der Waals surface area contributed by atoms with E-state index in [1.807, 2.05) is 5.32 Å². The molecule has 0 radical (unpaired) electrons. The smallest absolute Gasteiger partial charge is 0.328 e. The molecule has 0 bridgehead atoms. The van der Waals surface area contributed by atoms with E-state index >= 15 is 0 Å². The molecule has 2 fully saturated rings. The Hall–Kier alpha value is -9.20. The van der Waals surface area contributed by atoms with Crippen LogP contribution in [0.15, 0.2) is 9.98 Å². The first-order chi connectivity index (χ1) is 51.2. The topological polar surface area (TPSA) is 718 Å². The monoisotopic (exact) mass is 1540 g/mol. The van der Waals surface area contributed by atoms with Gasteiger partial charge in [-0.3, -0.25) is 72.3 Å². The van der Waals surface area contributed by atoms with E-state index in [0.29, 0.717) is 64.3 Å². The number of carboxylic acids is 1. The zero-order valence-corrected chi connectivity index (χ0v) is 62.6. The van der Waals surface area contributed by atoms with Crippen molar-refractivity contribution in [3.63, 3.8) is 0 Å². The van der Waals surface area contributed by atoms with E-state index in [-0.39, 0.29) is 128 Å². The van der Waals surface area contributed by atoms with Gasteiger partial charge in [0.05, 0.1) is 31.9 Å². The number of aliphatic hydroxyl groups excluding tert-OH is 3. The molecule has 2 saturated heterocycles. The Morgan fingerprint density at radius 1 is 0.426 bits per heavy atom. The lowest BCUT2D eigenvalue weighted by Gasteiger charge is -2.33. The van der Waals surface area contributed by atoms with Crippen molar-refractivity contribution in [2.45, 2.75) is 241 Å². The summed E-state index contributed by atoms with van der Waals surface area (Å²) in [6.07, 6.45) is 2.93. The van der Waals surface area contributed by atoms with Crippen LogP contribution in [-0.4, -0.2) is 282 Å². The van der Waals surface area contributed by atoms with Crippen LogP contribution in [0.4, 0.5) is 0 Å². The van der Waals surface area contributed by atoms with Crippen molar-refractivity contribution in [2.75, 3.05) is 72.1 Å². The predicted molar refractivity (Wildman–Crippen MR) is 395 cm³/mol. The Morgan fingerprint density at radius 3 is 1.20 bits per heavy atom. The van der Waals surface area contributed by atoms with E-state index in [2.05, 4.69) is 63.2 Å². The van der Waals surface area contributed by atoms with Gasteiger partial charge in [0.25, 0.3) is 0 Å². The lowest BCUT2D eigenvalue weighted by molar-refractivity contribution is -0.146. The van der Waals surface area contributed by atoms with Crippen LogP contribution in [0.1, 0.15) is 156 Å². The predicted octanol–water partition coefficient (Wildman–Crippen LogP) is -9.99. The van der Waals surface area contributed by atoms with Crippen LogP contribution < -0.4 is 110 Å². The number of aliphatic hydroxyl groups is 3. The highest BCUT2D eigenvalue weighted by molar-refractivity contribution is 6.00. The van der Waals surface area contributed by atoms with E-state index < -0.39 is 193 Å². The number of rotatable bonds is 53. The first kappa shape index (κ1) is 94.9. The molecule has 0 aromatic heterocycles. The van der Waals surface area contributed by atoms with Crippen molar-refractivity contribution >= 4 is 94.7 Å². The highest BCUT2D eigenvalue weighted by atomic mass is 16.4. The van der Waals surface area contributed by atoms with E-state index in [4.69, 9.17) is 51.6 Å². The number of amides is 13. The lowest BCUT2D eigenvalue weighted by atomic mass is 10.0. The molecule has 0 aliphatic carbocycles. The summed E-state index contributed by atoms with van der Waals surface area (Å²) >= 11 is 0. The van der Waals surface area contributed by atoms with Crippen LogP contribution in [0.2, 0.25) is 0 Å². The van der Waals surface area contributed by atoms with Crippen molar-refractivity contribution < 1.29 is 87.5 Å². The zero-order chi connectivity index (χ0) is 81.2. The molecule has 33 N–H and O–H groups in total. The first-order valence-electron chi connectivity index (χ1n) is 36.9. The van der Waals surface area contributed by atoms with Crippen molar-refractivity contribution in [1.82, 2.24) is 68.3 Å². The Kier molecular flexibility index (Phi) is 45.0. The second-order valence-corrected chi connectivity index (χ2v) is 27.1. The first-order valence-corrected chi connectivity index (χ1v) is 36.9. The van der Waals surface area contributed by atoms with Crippen LogP contribution in [0.5, 0.6) is 0 Å². The molecular weight excluding hydrogens is 1420 g/mol. The van der Waals surface area contributed by atoms with Gasteiger partial charge in [-0.15, -0.1) is 0 Å². The minimum absolute atomic E-state index is 0.00183. The highest BCUT2D eigenvalue weighted by Crippen LogP contribution is 2.24. The molecule has 42 nitrogen and oxygen atoms in total. The lowest BCUT2D eigenvalue weighted by Crippen LogP contribution is -2.61.